The summed E-state index contributed by atoms with van der Waals surface area (Å²) in [5.74, 6) is 0.777. The van der Waals surface area contributed by atoms with Crippen LogP contribution in [0.1, 0.15) is 19.8 Å². The molecule has 1 aliphatic heterocycles. The van der Waals surface area contributed by atoms with E-state index in [0.717, 1.165) is 29.4 Å². The Labute approximate surface area is 208 Å². The molecule has 2 atom stereocenters. The van der Waals surface area contributed by atoms with Gasteiger partial charge in [-0.25, -0.2) is 23.4 Å². The van der Waals surface area contributed by atoms with E-state index in [2.05, 4.69) is 40.2 Å². The molecule has 11 heteroatoms. The van der Waals surface area contributed by atoms with Crippen molar-refractivity contribution < 1.29 is 13.2 Å². The maximum atomic E-state index is 12.7. The highest BCUT2D eigenvalue weighted by atomic mass is 32.2. The average Bonchev–Trinajstić information content (AvgIpc) is 3.43. The number of hydrogen-bond acceptors (Lipinski definition) is 8. The molecule has 0 amide bonds. The van der Waals surface area contributed by atoms with Crippen molar-refractivity contribution >= 4 is 34.9 Å². The fraction of sp³-hybridized carbons (Fsp3) is 0.542. The summed E-state index contributed by atoms with van der Waals surface area (Å²) < 4.78 is 33.3. The molecule has 4 heterocycles. The van der Waals surface area contributed by atoms with Crippen LogP contribution in [0.3, 0.4) is 0 Å². The van der Waals surface area contributed by atoms with Crippen LogP contribution in [0.25, 0.3) is 22.4 Å². The maximum Gasteiger partial charge on any atom is 0.168 e. The normalized spacial score (nSPS) is 18.9. The topological polar surface area (TPSA) is 111 Å². The number of nitrogens with zero attached hydrogens (tertiary/aromatic N) is 4. The van der Waals surface area contributed by atoms with Crippen LogP contribution < -0.4 is 10.6 Å². The Balaban J connectivity index is 1.52. The van der Waals surface area contributed by atoms with Crippen LogP contribution in [-0.4, -0.2) is 66.3 Å². The second-order valence-electron chi connectivity index (χ2n) is 10.3. The third-order valence-electron chi connectivity index (χ3n) is 6.14. The molecule has 4 rings (SSSR count). The van der Waals surface area contributed by atoms with Gasteiger partial charge in [0.1, 0.15) is 23.4 Å². The van der Waals surface area contributed by atoms with Gasteiger partial charge in [0.25, 0.3) is 0 Å². The molecular weight excluding hydrogens is 480 g/mol. The molecule has 35 heavy (non-hydrogen) atoms. The lowest BCUT2D eigenvalue weighted by atomic mass is 10.1. The van der Waals surface area contributed by atoms with E-state index in [1.54, 1.807) is 12.4 Å². The molecule has 9 nitrogen and oxygen atoms in total. The Morgan fingerprint density at radius 3 is 2.86 bits per heavy atom. The number of ether oxygens (including phenoxy) is 1. The van der Waals surface area contributed by atoms with Gasteiger partial charge in [-0.1, -0.05) is 26.6 Å². The molecule has 190 valence electrons. The number of fused-ring (bicyclic) bond motifs is 1. The van der Waals surface area contributed by atoms with Gasteiger partial charge < -0.3 is 14.6 Å². The highest BCUT2D eigenvalue weighted by Gasteiger charge is 2.37. The van der Waals surface area contributed by atoms with Gasteiger partial charge in [-0.2, -0.15) is 0 Å². The molecule has 0 aliphatic carbocycles. The second-order valence-corrected chi connectivity index (χ2v) is 18.1. The molecule has 0 radical (unpaired) electrons. The Kier molecular flexibility index (Phi) is 7.89. The molecule has 2 N–H and O–H groups in total. The van der Waals surface area contributed by atoms with Crippen molar-refractivity contribution in [1.82, 2.24) is 24.8 Å². The molecule has 1 saturated heterocycles. The Hall–Kier alpha value is -2.34. The van der Waals surface area contributed by atoms with Crippen LogP contribution in [0.2, 0.25) is 25.7 Å². The first-order chi connectivity index (χ1) is 16.7. The van der Waals surface area contributed by atoms with Crippen LogP contribution in [0.5, 0.6) is 0 Å². The molecule has 3 aromatic heterocycles. The highest BCUT2D eigenvalue weighted by molar-refractivity contribution is 7.92. The minimum absolute atomic E-state index is 0.166. The van der Waals surface area contributed by atoms with Gasteiger partial charge in [-0.05, 0) is 43.6 Å². The van der Waals surface area contributed by atoms with E-state index in [4.69, 9.17) is 9.72 Å². The first-order valence-corrected chi connectivity index (χ1v) is 17.7. The predicted octanol–water partition coefficient (Wildman–Crippen LogP) is 3.73. The Morgan fingerprint density at radius 2 is 2.09 bits per heavy atom. The number of pyridine rings is 1. The van der Waals surface area contributed by atoms with Crippen molar-refractivity contribution in [2.75, 3.05) is 24.2 Å². The van der Waals surface area contributed by atoms with E-state index < -0.39 is 23.3 Å². The standard InChI is InChI=1S/C24H36N6O3SSi/c1-5-14-34(31,32)24-20(8-11-26-24)29-22-18(7-6-10-25-22)21-16-27-23-19(28-21)9-12-30(23)17-33-13-15-35(2,3)4/h6-7,9-10,12,16,20,24,26H,5,8,11,13-15,17H2,1-4H3,(H,25,29). The van der Waals surface area contributed by atoms with E-state index in [1.807, 2.05) is 35.9 Å². The summed E-state index contributed by atoms with van der Waals surface area (Å²) >= 11 is 0. The summed E-state index contributed by atoms with van der Waals surface area (Å²) in [6, 6.07) is 6.58. The number of sulfone groups is 1. The summed E-state index contributed by atoms with van der Waals surface area (Å²) in [5.41, 5.74) is 3.02. The second kappa shape index (κ2) is 10.7. The van der Waals surface area contributed by atoms with Gasteiger partial charge in [0, 0.05) is 32.6 Å². The van der Waals surface area contributed by atoms with Gasteiger partial charge in [-0.3, -0.25) is 5.32 Å². The van der Waals surface area contributed by atoms with Gasteiger partial charge in [0.2, 0.25) is 0 Å². The van der Waals surface area contributed by atoms with Gasteiger partial charge >= 0.3 is 0 Å². The number of rotatable bonds is 11. The van der Waals surface area contributed by atoms with Gasteiger partial charge in [0.05, 0.1) is 23.7 Å². The molecule has 2 unspecified atom stereocenters. The van der Waals surface area contributed by atoms with Crippen molar-refractivity contribution in [3.05, 3.63) is 36.8 Å². The number of hydrogen-bond donors (Lipinski definition) is 2. The van der Waals surface area contributed by atoms with Crippen LogP contribution >= 0.6 is 0 Å². The van der Waals surface area contributed by atoms with E-state index >= 15 is 0 Å². The molecule has 1 fully saturated rings. The fourth-order valence-electron chi connectivity index (χ4n) is 4.25. The van der Waals surface area contributed by atoms with E-state index in [9.17, 15) is 8.42 Å². The van der Waals surface area contributed by atoms with Crippen molar-refractivity contribution in [3.8, 4) is 11.3 Å². The van der Waals surface area contributed by atoms with Crippen molar-refractivity contribution in [1.29, 1.82) is 0 Å². The SMILES string of the molecule is CCCS(=O)(=O)C1NCCC1Nc1ncccc1-c1cnc2c(ccn2COCC[Si](C)(C)C)n1. The van der Waals surface area contributed by atoms with Crippen LogP contribution in [0, 0.1) is 0 Å². The largest absolute Gasteiger partial charge is 0.364 e. The lowest BCUT2D eigenvalue weighted by Crippen LogP contribution is -2.43. The number of anilines is 1. The van der Waals surface area contributed by atoms with Crippen LogP contribution in [0.15, 0.2) is 36.8 Å². The molecule has 3 aromatic rings. The monoisotopic (exact) mass is 516 g/mol. The van der Waals surface area contributed by atoms with Crippen LogP contribution in [-0.2, 0) is 21.3 Å². The lowest BCUT2D eigenvalue weighted by Gasteiger charge is -2.22. The summed E-state index contributed by atoms with van der Waals surface area (Å²) in [7, 11) is -4.37. The number of aromatic nitrogens is 4. The van der Waals surface area contributed by atoms with Crippen LogP contribution in [0.4, 0.5) is 5.82 Å². The summed E-state index contributed by atoms with van der Waals surface area (Å²) in [4.78, 5) is 14.0. The molecule has 1 aliphatic rings. The van der Waals surface area contributed by atoms with E-state index in [-0.39, 0.29) is 11.8 Å². The van der Waals surface area contributed by atoms with E-state index in [1.165, 1.54) is 0 Å². The molecule has 0 saturated carbocycles. The van der Waals surface area contributed by atoms with Crippen molar-refractivity contribution in [3.63, 3.8) is 0 Å². The zero-order valence-corrected chi connectivity index (χ0v) is 22.8. The summed E-state index contributed by atoms with van der Waals surface area (Å²) in [6.45, 7) is 10.7. The fourth-order valence-corrected chi connectivity index (χ4v) is 6.91. The van der Waals surface area contributed by atoms with E-state index in [0.29, 0.717) is 37.6 Å². The van der Waals surface area contributed by atoms with Gasteiger partial charge in [0.15, 0.2) is 15.5 Å². The first-order valence-electron chi connectivity index (χ1n) is 12.2. The third-order valence-corrected chi connectivity index (χ3v) is 10.1. The third kappa shape index (κ3) is 6.27. The van der Waals surface area contributed by atoms with Crippen molar-refractivity contribution in [2.45, 2.75) is 63.6 Å². The lowest BCUT2D eigenvalue weighted by molar-refractivity contribution is 0.0899. The maximum absolute atomic E-state index is 12.7. The molecular formula is C24H36N6O3SSi. The average molecular weight is 517 g/mol. The first kappa shape index (κ1) is 25.7. The molecule has 0 aromatic carbocycles. The smallest absolute Gasteiger partial charge is 0.168 e. The quantitative estimate of drug-likeness (QED) is 0.293. The summed E-state index contributed by atoms with van der Waals surface area (Å²) in [5, 5.41) is 5.90. The summed E-state index contributed by atoms with van der Waals surface area (Å²) in [6.07, 6.45) is 6.68. The number of nitrogens with one attached hydrogen (secondary N) is 2. The minimum Gasteiger partial charge on any atom is -0.364 e. The zero-order chi connectivity index (χ0) is 25.1. The molecule has 0 bridgehead atoms. The Bertz CT molecular complexity index is 1260. The zero-order valence-electron chi connectivity index (χ0n) is 21.0. The highest BCUT2D eigenvalue weighted by Crippen LogP contribution is 2.28. The van der Waals surface area contributed by atoms with Crippen molar-refractivity contribution in [2.24, 2.45) is 0 Å². The predicted molar refractivity (Wildman–Crippen MR) is 143 cm³/mol. The van der Waals surface area contributed by atoms with Gasteiger partial charge in [-0.15, -0.1) is 0 Å². The minimum atomic E-state index is -3.24. The Morgan fingerprint density at radius 1 is 1.26 bits per heavy atom. The molecule has 0 spiro atoms.